The molecule has 0 heterocycles. The zero-order valence-electron chi connectivity index (χ0n) is 7.51. The number of benzene rings is 2. The van der Waals surface area contributed by atoms with Crippen molar-refractivity contribution < 1.29 is 31.0 Å². The molecule has 0 spiro atoms. The van der Waals surface area contributed by atoms with Gasteiger partial charge in [-0.1, -0.05) is 28.1 Å². The molecule has 1 N–H and O–H groups in total. The second kappa shape index (κ2) is 4.91. The second-order valence-corrected chi connectivity index (χ2v) is 3.90. The van der Waals surface area contributed by atoms with Gasteiger partial charge in [-0.3, -0.25) is 4.79 Å². The van der Waals surface area contributed by atoms with Crippen molar-refractivity contribution >= 4 is 33.0 Å². The maximum absolute atomic E-state index is 10.8. The maximum atomic E-state index is 10.8. The van der Waals surface area contributed by atoms with Crippen molar-refractivity contribution in [2.24, 2.45) is 0 Å². The molecule has 0 aliphatic carbocycles. The second-order valence-electron chi connectivity index (χ2n) is 2.98. The number of phenols is 1. The minimum atomic E-state index is 0. The predicted molar refractivity (Wildman–Crippen MR) is 58.7 cm³/mol. The van der Waals surface area contributed by atoms with E-state index in [2.05, 4.69) is 15.9 Å². The first-order valence-electron chi connectivity index (χ1n) is 4.09. The molecule has 0 unspecified atom stereocenters. The van der Waals surface area contributed by atoms with Crippen LogP contribution >= 0.6 is 15.9 Å². The van der Waals surface area contributed by atoms with Crippen molar-refractivity contribution in [2.75, 3.05) is 0 Å². The van der Waals surface area contributed by atoms with Gasteiger partial charge < -0.3 is 5.11 Å². The summed E-state index contributed by atoms with van der Waals surface area (Å²) in [5.41, 5.74) is 0.337. The molecule has 4 heteroatoms. The van der Waals surface area contributed by atoms with E-state index >= 15 is 0 Å². The summed E-state index contributed by atoms with van der Waals surface area (Å²) in [5.74, 6) is 0.0191. The molecule has 80 valence electrons. The molecule has 0 amide bonds. The zero-order valence-corrected chi connectivity index (χ0v) is 11.4. The summed E-state index contributed by atoms with van der Waals surface area (Å²) < 4.78 is 0.888. The molecule has 0 aliphatic heterocycles. The number of phenolic OH excluding ortho intramolecular Hbond substituents is 1. The predicted octanol–water partition coefficient (Wildman–Crippen LogP) is 3.12. The van der Waals surface area contributed by atoms with Gasteiger partial charge in [0.2, 0.25) is 0 Å². The third-order valence-corrected chi connectivity index (χ3v) is 2.61. The average Bonchev–Trinajstić information content (AvgIpc) is 2.17. The summed E-state index contributed by atoms with van der Waals surface area (Å²) in [7, 11) is 0. The normalized spacial score (nSPS) is 9.67. The van der Waals surface area contributed by atoms with Gasteiger partial charge in [-0.15, -0.1) is 0 Å². The number of aldehydes is 1. The van der Waals surface area contributed by atoms with Gasteiger partial charge in [0.05, 0.1) is 5.56 Å². The first-order chi connectivity index (χ1) is 6.72. The van der Waals surface area contributed by atoms with E-state index in [4.69, 9.17) is 0 Å². The summed E-state index contributed by atoms with van der Waals surface area (Å²) in [6, 6.07) is 8.92. The molecule has 0 aromatic heterocycles. The maximum Gasteiger partial charge on any atom is 0.154 e. The van der Waals surface area contributed by atoms with Crippen LogP contribution in [0.3, 0.4) is 0 Å². The molecule has 2 nitrogen and oxygen atoms in total. The number of rotatable bonds is 1. The first kappa shape index (κ1) is 12.4. The van der Waals surface area contributed by atoms with Crippen LogP contribution in [0.5, 0.6) is 5.75 Å². The van der Waals surface area contributed by atoms with E-state index in [9.17, 15) is 9.90 Å². The van der Waals surface area contributed by atoms with Crippen LogP contribution in [0.1, 0.15) is 10.4 Å². The Morgan fingerprint density at radius 2 is 1.87 bits per heavy atom. The van der Waals surface area contributed by atoms with Crippen LogP contribution in [0.2, 0.25) is 0 Å². The van der Waals surface area contributed by atoms with Gasteiger partial charge in [-0.25, -0.2) is 0 Å². The number of aromatic hydroxyl groups is 1. The molecule has 2 aromatic carbocycles. The minimum absolute atomic E-state index is 0. The van der Waals surface area contributed by atoms with Crippen LogP contribution in [-0.2, 0) is 21.1 Å². The quantitative estimate of drug-likeness (QED) is 0.684. The van der Waals surface area contributed by atoms with Gasteiger partial charge in [-0.2, -0.15) is 0 Å². The molecular formula is C11H7BrO2Pt. The zero-order chi connectivity index (χ0) is 10.1. The van der Waals surface area contributed by atoms with Gasteiger partial charge in [-0.05, 0) is 29.0 Å². The Hall–Kier alpha value is -0.662. The molecule has 0 fully saturated rings. The minimum Gasteiger partial charge on any atom is -0.507 e. The third-order valence-electron chi connectivity index (χ3n) is 2.12. The van der Waals surface area contributed by atoms with Gasteiger partial charge >= 0.3 is 0 Å². The van der Waals surface area contributed by atoms with Gasteiger partial charge in [0.15, 0.2) is 6.29 Å². The number of hydrogen-bond donors (Lipinski definition) is 1. The number of carbonyl (C=O) groups is 1. The Kier molecular flexibility index (Phi) is 4.06. The van der Waals surface area contributed by atoms with E-state index in [0.717, 1.165) is 15.2 Å². The molecule has 2 aromatic rings. The summed E-state index contributed by atoms with van der Waals surface area (Å²) in [5, 5.41) is 11.1. The molecule has 2 rings (SSSR count). The van der Waals surface area contributed by atoms with E-state index in [1.165, 1.54) is 6.07 Å². The van der Waals surface area contributed by atoms with Crippen LogP contribution in [-0.4, -0.2) is 11.4 Å². The van der Waals surface area contributed by atoms with Crippen LogP contribution in [0.15, 0.2) is 34.8 Å². The number of carbonyl (C=O) groups excluding carboxylic acids is 1. The summed E-state index contributed by atoms with van der Waals surface area (Å²) in [6.45, 7) is 0. The fourth-order valence-electron chi connectivity index (χ4n) is 1.43. The smallest absolute Gasteiger partial charge is 0.154 e. The van der Waals surface area contributed by atoms with Crippen molar-refractivity contribution in [1.82, 2.24) is 0 Å². The van der Waals surface area contributed by atoms with Gasteiger partial charge in [0.1, 0.15) is 5.75 Å². The Balaban J connectivity index is 0.00000112. The van der Waals surface area contributed by atoms with Crippen molar-refractivity contribution in [3.63, 3.8) is 0 Å². The third kappa shape index (κ3) is 2.29. The Morgan fingerprint density at radius 1 is 1.20 bits per heavy atom. The van der Waals surface area contributed by atoms with Crippen molar-refractivity contribution in [2.45, 2.75) is 0 Å². The SMILES string of the molecule is O=Cc1c(O)ccc2ccc(Br)cc12.[Pt]. The standard InChI is InChI=1S/C11H7BrO2.Pt/c12-8-3-1-7-2-4-11(14)10(6-13)9(7)5-8;/h1-6,14H;. The van der Waals surface area contributed by atoms with Gasteiger partial charge in [0, 0.05) is 25.5 Å². The Bertz CT molecular complexity index is 506. The van der Waals surface area contributed by atoms with Crippen molar-refractivity contribution in [3.8, 4) is 5.75 Å². The summed E-state index contributed by atoms with van der Waals surface area (Å²) in [6.07, 6.45) is 0.671. The fraction of sp³-hybridized carbons (Fsp3) is 0. The molecule has 0 saturated carbocycles. The summed E-state index contributed by atoms with van der Waals surface area (Å²) in [4.78, 5) is 10.8. The van der Waals surface area contributed by atoms with E-state index in [1.807, 2.05) is 18.2 Å². The topological polar surface area (TPSA) is 37.3 Å². The van der Waals surface area contributed by atoms with Crippen LogP contribution < -0.4 is 0 Å². The molecule has 0 radical (unpaired) electrons. The molecule has 0 aliphatic rings. The number of hydrogen-bond acceptors (Lipinski definition) is 2. The van der Waals surface area contributed by atoms with E-state index in [0.29, 0.717) is 11.8 Å². The number of halogens is 1. The van der Waals surface area contributed by atoms with E-state index in [1.54, 1.807) is 6.07 Å². The molecule has 15 heavy (non-hydrogen) atoms. The molecule has 0 bridgehead atoms. The first-order valence-corrected chi connectivity index (χ1v) is 4.88. The monoisotopic (exact) mass is 445 g/mol. The fourth-order valence-corrected chi connectivity index (χ4v) is 1.79. The average molecular weight is 446 g/mol. The van der Waals surface area contributed by atoms with Crippen LogP contribution in [0, 0.1) is 0 Å². The summed E-state index contributed by atoms with van der Waals surface area (Å²) >= 11 is 3.32. The van der Waals surface area contributed by atoms with Gasteiger partial charge in [0.25, 0.3) is 0 Å². The Morgan fingerprint density at radius 3 is 2.53 bits per heavy atom. The van der Waals surface area contributed by atoms with E-state index < -0.39 is 0 Å². The largest absolute Gasteiger partial charge is 0.507 e. The van der Waals surface area contributed by atoms with Crippen molar-refractivity contribution in [1.29, 1.82) is 0 Å². The number of fused-ring (bicyclic) bond motifs is 1. The van der Waals surface area contributed by atoms with Crippen LogP contribution in [0.4, 0.5) is 0 Å². The van der Waals surface area contributed by atoms with Crippen LogP contribution in [0.25, 0.3) is 10.8 Å². The van der Waals surface area contributed by atoms with Crippen molar-refractivity contribution in [3.05, 3.63) is 40.4 Å². The Labute approximate surface area is 110 Å². The molecule has 0 atom stereocenters. The molecular weight excluding hydrogens is 439 g/mol. The molecule has 0 saturated heterocycles. The van der Waals surface area contributed by atoms with E-state index in [-0.39, 0.29) is 26.8 Å².